The van der Waals surface area contributed by atoms with Crippen LogP contribution in [0.1, 0.15) is 17.5 Å². The SMILES string of the molecule is C=CCC(COc1ccccc1-c1cccc(-c2ccccc2C)c1O)COc1ccccc1-c1cccc(-c2ccccc2C)c1O. The van der Waals surface area contributed by atoms with Crippen molar-refractivity contribution in [3.05, 3.63) is 157 Å². The number of para-hydroxylation sites is 4. The minimum atomic E-state index is 0.00223. The molecule has 0 fully saturated rings. The van der Waals surface area contributed by atoms with Crippen LogP contribution in [-0.4, -0.2) is 23.4 Å². The zero-order chi connectivity index (χ0) is 33.5. The average Bonchev–Trinajstić information content (AvgIpc) is 3.11. The second-order valence-corrected chi connectivity index (χ2v) is 12.0. The summed E-state index contributed by atoms with van der Waals surface area (Å²) < 4.78 is 12.9. The van der Waals surface area contributed by atoms with Gasteiger partial charge in [0, 0.05) is 39.3 Å². The zero-order valence-corrected chi connectivity index (χ0v) is 27.4. The molecule has 4 nitrogen and oxygen atoms in total. The lowest BCUT2D eigenvalue weighted by atomic mass is 9.94. The van der Waals surface area contributed by atoms with Crippen LogP contribution in [0.15, 0.2) is 146 Å². The number of aryl methyl sites for hydroxylation is 2. The smallest absolute Gasteiger partial charge is 0.131 e. The normalized spacial score (nSPS) is 11.0. The molecule has 0 aliphatic heterocycles. The predicted molar refractivity (Wildman–Crippen MR) is 197 cm³/mol. The third-order valence-corrected chi connectivity index (χ3v) is 8.75. The molecule has 0 aliphatic rings. The Bertz CT molecular complexity index is 1900. The summed E-state index contributed by atoms with van der Waals surface area (Å²) in [6.45, 7) is 8.84. The van der Waals surface area contributed by atoms with Crippen LogP contribution in [0.2, 0.25) is 0 Å². The second kappa shape index (κ2) is 14.8. The molecule has 2 N–H and O–H groups in total. The number of benzene rings is 6. The van der Waals surface area contributed by atoms with Gasteiger partial charge in [0.05, 0.1) is 13.2 Å². The van der Waals surface area contributed by atoms with Crippen LogP contribution < -0.4 is 9.47 Å². The Morgan fingerprint density at radius 1 is 0.479 bits per heavy atom. The van der Waals surface area contributed by atoms with Crippen LogP contribution in [0.4, 0.5) is 0 Å². The Balaban J connectivity index is 1.22. The fourth-order valence-electron chi connectivity index (χ4n) is 6.17. The fourth-order valence-corrected chi connectivity index (χ4v) is 6.17. The van der Waals surface area contributed by atoms with Crippen molar-refractivity contribution < 1.29 is 19.7 Å². The summed E-state index contributed by atoms with van der Waals surface area (Å²) in [6, 6.07) is 43.3. The Morgan fingerprint density at radius 2 is 0.812 bits per heavy atom. The van der Waals surface area contributed by atoms with Crippen molar-refractivity contribution >= 4 is 0 Å². The molecule has 0 spiro atoms. The van der Waals surface area contributed by atoms with Gasteiger partial charge in [0.1, 0.15) is 23.0 Å². The van der Waals surface area contributed by atoms with Gasteiger partial charge in [0.15, 0.2) is 0 Å². The molecule has 6 aromatic rings. The summed E-state index contributed by atoms with van der Waals surface area (Å²) in [6.07, 6.45) is 2.57. The van der Waals surface area contributed by atoms with E-state index in [9.17, 15) is 10.2 Å². The van der Waals surface area contributed by atoms with Crippen molar-refractivity contribution in [3.63, 3.8) is 0 Å². The maximum Gasteiger partial charge on any atom is 0.131 e. The van der Waals surface area contributed by atoms with E-state index in [1.807, 2.05) is 153 Å². The van der Waals surface area contributed by atoms with Gasteiger partial charge in [-0.25, -0.2) is 0 Å². The van der Waals surface area contributed by atoms with E-state index in [0.717, 1.165) is 44.5 Å². The lowest BCUT2D eigenvalue weighted by molar-refractivity contribution is 0.179. The van der Waals surface area contributed by atoms with E-state index < -0.39 is 0 Å². The third-order valence-electron chi connectivity index (χ3n) is 8.75. The Hall–Kier alpha value is -5.74. The monoisotopic (exact) mass is 632 g/mol. The van der Waals surface area contributed by atoms with Gasteiger partial charge >= 0.3 is 0 Å². The molecule has 0 atom stereocenters. The van der Waals surface area contributed by atoms with Crippen LogP contribution in [0.25, 0.3) is 44.5 Å². The molecule has 0 amide bonds. The summed E-state index contributed by atoms with van der Waals surface area (Å²) in [5.74, 6) is 1.81. The van der Waals surface area contributed by atoms with Crippen molar-refractivity contribution in [2.75, 3.05) is 13.2 Å². The van der Waals surface area contributed by atoms with Crippen molar-refractivity contribution in [3.8, 4) is 67.5 Å². The van der Waals surface area contributed by atoms with Gasteiger partial charge in [0.25, 0.3) is 0 Å². The van der Waals surface area contributed by atoms with Gasteiger partial charge in [-0.1, -0.05) is 127 Å². The van der Waals surface area contributed by atoms with E-state index in [1.54, 1.807) is 0 Å². The van der Waals surface area contributed by atoms with Crippen LogP contribution in [0.5, 0.6) is 23.0 Å². The molecule has 6 aromatic carbocycles. The standard InChI is InChI=1S/C44H40O4/c1-4-15-32(28-47-41-26-11-9-20-35(41)39-24-13-22-37(43(39)45)33-18-7-5-16-30(33)2)29-48-42-27-12-10-21-36(42)40-25-14-23-38(44(40)46)34-19-8-6-17-31(34)3/h4-14,16-27,32,45-46H,1,15,28-29H2,2-3H3. The predicted octanol–water partition coefficient (Wildman–Crippen LogP) is 11.0. The topological polar surface area (TPSA) is 58.9 Å². The molecule has 0 saturated carbocycles. The van der Waals surface area contributed by atoms with E-state index in [-0.39, 0.29) is 17.4 Å². The maximum atomic E-state index is 11.4. The lowest BCUT2D eigenvalue weighted by Gasteiger charge is -2.21. The number of aromatic hydroxyl groups is 2. The Labute approximate surface area is 283 Å². The van der Waals surface area contributed by atoms with Crippen molar-refractivity contribution in [1.82, 2.24) is 0 Å². The molecule has 0 heterocycles. The molecule has 6 rings (SSSR count). The molecule has 0 aromatic heterocycles. The number of ether oxygens (including phenoxy) is 2. The molecule has 4 heteroatoms. The molecule has 48 heavy (non-hydrogen) atoms. The van der Waals surface area contributed by atoms with Crippen LogP contribution in [-0.2, 0) is 0 Å². The van der Waals surface area contributed by atoms with Gasteiger partial charge < -0.3 is 19.7 Å². The highest BCUT2D eigenvalue weighted by atomic mass is 16.5. The minimum Gasteiger partial charge on any atom is -0.507 e. The Kier molecular flexibility index (Phi) is 9.92. The third kappa shape index (κ3) is 6.84. The number of phenolic OH excluding ortho intramolecular Hbond substituents is 2. The number of hydrogen-bond acceptors (Lipinski definition) is 4. The van der Waals surface area contributed by atoms with Crippen molar-refractivity contribution in [2.45, 2.75) is 20.3 Å². The largest absolute Gasteiger partial charge is 0.507 e. The van der Waals surface area contributed by atoms with E-state index >= 15 is 0 Å². The molecule has 0 bridgehead atoms. The molecule has 0 unspecified atom stereocenters. The first-order valence-electron chi connectivity index (χ1n) is 16.3. The van der Waals surface area contributed by atoms with Gasteiger partial charge in [-0.3, -0.25) is 0 Å². The first-order valence-corrected chi connectivity index (χ1v) is 16.3. The van der Waals surface area contributed by atoms with E-state index in [4.69, 9.17) is 9.47 Å². The minimum absolute atomic E-state index is 0.00223. The molecule has 240 valence electrons. The van der Waals surface area contributed by atoms with Crippen LogP contribution in [0.3, 0.4) is 0 Å². The van der Waals surface area contributed by atoms with Gasteiger partial charge in [-0.15, -0.1) is 6.58 Å². The maximum absolute atomic E-state index is 11.4. The fraction of sp³-hybridized carbons (Fsp3) is 0.136. The van der Waals surface area contributed by atoms with Crippen LogP contribution >= 0.6 is 0 Å². The van der Waals surface area contributed by atoms with Gasteiger partial charge in [0.2, 0.25) is 0 Å². The molecule has 0 aliphatic carbocycles. The summed E-state index contributed by atoms with van der Waals surface area (Å²) in [5.41, 5.74) is 8.81. The zero-order valence-electron chi connectivity index (χ0n) is 27.4. The van der Waals surface area contributed by atoms with Gasteiger partial charge in [-0.2, -0.15) is 0 Å². The molecular formula is C44H40O4. The van der Waals surface area contributed by atoms with Crippen molar-refractivity contribution in [2.24, 2.45) is 5.92 Å². The van der Waals surface area contributed by atoms with Gasteiger partial charge in [-0.05, 0) is 54.7 Å². The Morgan fingerprint density at radius 3 is 1.21 bits per heavy atom. The summed E-state index contributed by atoms with van der Waals surface area (Å²) in [5, 5.41) is 22.9. The number of rotatable bonds is 12. The number of phenols is 2. The second-order valence-electron chi connectivity index (χ2n) is 12.0. The summed E-state index contributed by atoms with van der Waals surface area (Å²) in [7, 11) is 0. The highest BCUT2D eigenvalue weighted by Crippen LogP contribution is 2.44. The highest BCUT2D eigenvalue weighted by molar-refractivity contribution is 5.86. The summed E-state index contributed by atoms with van der Waals surface area (Å²) in [4.78, 5) is 0. The first-order chi connectivity index (χ1) is 23.5. The van der Waals surface area contributed by atoms with Crippen molar-refractivity contribution in [1.29, 1.82) is 0 Å². The lowest BCUT2D eigenvalue weighted by Crippen LogP contribution is -2.19. The highest BCUT2D eigenvalue weighted by Gasteiger charge is 2.19. The molecule has 0 radical (unpaired) electrons. The molecular weight excluding hydrogens is 592 g/mol. The quantitative estimate of drug-likeness (QED) is 0.132. The molecule has 0 saturated heterocycles. The van der Waals surface area contributed by atoms with E-state index in [1.165, 1.54) is 0 Å². The first kappa shape index (κ1) is 32.2. The number of hydrogen-bond donors (Lipinski definition) is 2. The van der Waals surface area contributed by atoms with Crippen LogP contribution in [0, 0.1) is 19.8 Å². The average molecular weight is 633 g/mol. The van der Waals surface area contributed by atoms with E-state index in [0.29, 0.717) is 42.3 Å². The summed E-state index contributed by atoms with van der Waals surface area (Å²) >= 11 is 0. The van der Waals surface area contributed by atoms with E-state index in [2.05, 4.69) is 6.58 Å². The number of allylic oxidation sites excluding steroid dienone is 1.